The standard InChI is InChI=1S/C28H30Cl3N3O5S/c1-4-24(28(36)32-5-2)33(17-19-11-12-20(29)15-23(19)31)27(35)18-34(25-16-21(30)13-14-26(25)39-3)40(37,38)22-9-7-6-8-10-22/h6-16,24H,4-5,17-18H2,1-3H3,(H,32,36). The van der Waals surface area contributed by atoms with Gasteiger partial charge in [-0.25, -0.2) is 8.42 Å². The molecule has 1 unspecified atom stereocenters. The molecule has 12 heteroatoms. The van der Waals surface area contributed by atoms with Crippen molar-refractivity contribution in [1.29, 1.82) is 0 Å². The Bertz CT molecular complexity index is 1450. The highest BCUT2D eigenvalue weighted by Gasteiger charge is 2.35. The van der Waals surface area contributed by atoms with Crippen molar-refractivity contribution in [1.82, 2.24) is 10.2 Å². The summed E-state index contributed by atoms with van der Waals surface area (Å²) in [7, 11) is -2.89. The van der Waals surface area contributed by atoms with Gasteiger partial charge in [0.1, 0.15) is 18.3 Å². The van der Waals surface area contributed by atoms with Crippen LogP contribution < -0.4 is 14.4 Å². The van der Waals surface area contributed by atoms with Gasteiger partial charge in [0.25, 0.3) is 10.0 Å². The number of ether oxygens (including phenoxy) is 1. The fourth-order valence-electron chi connectivity index (χ4n) is 4.14. The molecule has 0 radical (unpaired) electrons. The molecular formula is C28H30Cl3N3O5S. The van der Waals surface area contributed by atoms with Crippen molar-refractivity contribution in [2.75, 3.05) is 24.5 Å². The molecule has 8 nitrogen and oxygen atoms in total. The topological polar surface area (TPSA) is 96.0 Å². The Hall–Kier alpha value is -2.98. The lowest BCUT2D eigenvalue weighted by molar-refractivity contribution is -0.140. The maximum absolute atomic E-state index is 14.1. The molecule has 0 fully saturated rings. The van der Waals surface area contributed by atoms with Gasteiger partial charge in [0.2, 0.25) is 11.8 Å². The third-order valence-electron chi connectivity index (χ3n) is 6.11. The van der Waals surface area contributed by atoms with Gasteiger partial charge in [-0.3, -0.25) is 13.9 Å². The van der Waals surface area contributed by atoms with Gasteiger partial charge >= 0.3 is 0 Å². The molecule has 3 aromatic carbocycles. The first-order valence-corrected chi connectivity index (χ1v) is 15.0. The van der Waals surface area contributed by atoms with Gasteiger partial charge in [0.05, 0.1) is 17.7 Å². The largest absolute Gasteiger partial charge is 0.495 e. The van der Waals surface area contributed by atoms with Crippen LogP contribution in [0.3, 0.4) is 0 Å². The van der Waals surface area contributed by atoms with Gasteiger partial charge in [-0.15, -0.1) is 0 Å². The number of hydrogen-bond acceptors (Lipinski definition) is 5. The molecule has 0 aliphatic carbocycles. The quantitative estimate of drug-likeness (QED) is 0.274. The number of amides is 2. The van der Waals surface area contributed by atoms with E-state index in [0.717, 1.165) is 4.31 Å². The predicted octanol–water partition coefficient (Wildman–Crippen LogP) is 5.79. The third-order valence-corrected chi connectivity index (χ3v) is 8.71. The molecule has 0 aliphatic rings. The number of nitrogens with zero attached hydrogens (tertiary/aromatic N) is 2. The van der Waals surface area contributed by atoms with Crippen LogP contribution in [-0.2, 0) is 26.2 Å². The number of carbonyl (C=O) groups is 2. The van der Waals surface area contributed by atoms with Gasteiger partial charge in [-0.05, 0) is 61.4 Å². The van der Waals surface area contributed by atoms with E-state index in [1.165, 1.54) is 42.3 Å². The molecule has 0 saturated carbocycles. The van der Waals surface area contributed by atoms with Crippen molar-refractivity contribution in [3.05, 3.63) is 87.4 Å². The van der Waals surface area contributed by atoms with Crippen molar-refractivity contribution in [2.24, 2.45) is 0 Å². The number of likely N-dealkylation sites (N-methyl/N-ethyl adjacent to an activating group) is 1. The molecule has 0 saturated heterocycles. The van der Waals surface area contributed by atoms with Crippen LogP contribution in [-0.4, -0.2) is 51.4 Å². The second-order valence-electron chi connectivity index (χ2n) is 8.72. The second kappa shape index (κ2) is 14.1. The molecule has 214 valence electrons. The third kappa shape index (κ3) is 7.40. The zero-order valence-corrected chi connectivity index (χ0v) is 25.3. The van der Waals surface area contributed by atoms with Crippen molar-refractivity contribution < 1.29 is 22.7 Å². The first-order valence-electron chi connectivity index (χ1n) is 12.5. The fourth-order valence-corrected chi connectivity index (χ4v) is 6.21. The van der Waals surface area contributed by atoms with E-state index in [-0.39, 0.29) is 40.2 Å². The Balaban J connectivity index is 2.14. The first-order chi connectivity index (χ1) is 19.0. The van der Waals surface area contributed by atoms with E-state index in [2.05, 4.69) is 5.32 Å². The summed E-state index contributed by atoms with van der Waals surface area (Å²) >= 11 is 18.7. The van der Waals surface area contributed by atoms with E-state index in [9.17, 15) is 18.0 Å². The lowest BCUT2D eigenvalue weighted by Gasteiger charge is -2.33. The summed E-state index contributed by atoms with van der Waals surface area (Å²) in [5.41, 5.74) is 0.614. The van der Waals surface area contributed by atoms with Gasteiger partial charge in [-0.1, -0.05) is 66.0 Å². The average molecular weight is 627 g/mol. The molecular weight excluding hydrogens is 597 g/mol. The molecule has 0 spiro atoms. The fraction of sp³-hybridized carbons (Fsp3) is 0.286. The number of sulfonamides is 1. The van der Waals surface area contributed by atoms with Crippen LogP contribution in [0.5, 0.6) is 5.75 Å². The Labute approximate surface area is 249 Å². The van der Waals surface area contributed by atoms with Gasteiger partial charge in [0.15, 0.2) is 0 Å². The maximum Gasteiger partial charge on any atom is 0.264 e. The summed E-state index contributed by atoms with van der Waals surface area (Å²) in [6, 6.07) is 16.1. The highest BCUT2D eigenvalue weighted by atomic mass is 35.5. The van der Waals surface area contributed by atoms with Crippen LogP contribution in [0, 0.1) is 0 Å². The molecule has 0 heterocycles. The normalized spacial score (nSPS) is 11.9. The molecule has 3 aromatic rings. The smallest absolute Gasteiger partial charge is 0.264 e. The van der Waals surface area contributed by atoms with E-state index in [1.807, 2.05) is 0 Å². The van der Waals surface area contributed by atoms with Gasteiger partial charge in [-0.2, -0.15) is 0 Å². The van der Waals surface area contributed by atoms with Crippen LogP contribution in [0.15, 0.2) is 71.6 Å². The zero-order chi connectivity index (χ0) is 29.4. The second-order valence-corrected chi connectivity index (χ2v) is 11.9. The maximum atomic E-state index is 14.1. The molecule has 2 amide bonds. The molecule has 1 N–H and O–H groups in total. The van der Waals surface area contributed by atoms with Crippen molar-refractivity contribution >= 4 is 62.3 Å². The minimum absolute atomic E-state index is 0.0344. The number of benzene rings is 3. The number of carbonyl (C=O) groups excluding carboxylic acids is 2. The SMILES string of the molecule is CCNC(=O)C(CC)N(Cc1ccc(Cl)cc1Cl)C(=O)CN(c1cc(Cl)ccc1OC)S(=O)(=O)c1ccccc1. The molecule has 1 atom stereocenters. The van der Waals surface area contributed by atoms with E-state index < -0.39 is 28.5 Å². The van der Waals surface area contributed by atoms with Crippen LogP contribution in [0.4, 0.5) is 5.69 Å². The van der Waals surface area contributed by atoms with E-state index in [1.54, 1.807) is 50.2 Å². The number of anilines is 1. The summed E-state index contributed by atoms with van der Waals surface area (Å²) in [5, 5.41) is 3.72. The van der Waals surface area contributed by atoms with Crippen LogP contribution in [0.25, 0.3) is 0 Å². The highest BCUT2D eigenvalue weighted by molar-refractivity contribution is 7.92. The molecule has 0 bridgehead atoms. The lowest BCUT2D eigenvalue weighted by Crippen LogP contribution is -2.52. The van der Waals surface area contributed by atoms with Crippen molar-refractivity contribution in [3.8, 4) is 5.75 Å². The van der Waals surface area contributed by atoms with Crippen LogP contribution >= 0.6 is 34.8 Å². The van der Waals surface area contributed by atoms with Gasteiger partial charge < -0.3 is 15.0 Å². The summed E-state index contributed by atoms with van der Waals surface area (Å²) in [6.07, 6.45) is 0.273. The van der Waals surface area contributed by atoms with E-state index in [4.69, 9.17) is 39.5 Å². The Morgan fingerprint density at radius 2 is 1.60 bits per heavy atom. The summed E-state index contributed by atoms with van der Waals surface area (Å²) in [4.78, 5) is 28.4. The van der Waals surface area contributed by atoms with Crippen LogP contribution in [0.2, 0.25) is 15.1 Å². The number of rotatable bonds is 12. The molecule has 3 rings (SSSR count). The van der Waals surface area contributed by atoms with Crippen molar-refractivity contribution in [3.63, 3.8) is 0 Å². The Morgan fingerprint density at radius 1 is 0.950 bits per heavy atom. The monoisotopic (exact) mass is 625 g/mol. The van der Waals surface area contributed by atoms with Gasteiger partial charge in [0, 0.05) is 28.2 Å². The van der Waals surface area contributed by atoms with Crippen molar-refractivity contribution in [2.45, 2.75) is 37.8 Å². The summed E-state index contributed by atoms with van der Waals surface area (Å²) < 4.78 is 34.2. The average Bonchev–Trinajstić information content (AvgIpc) is 2.93. The number of methoxy groups -OCH3 is 1. The molecule has 0 aromatic heterocycles. The van der Waals surface area contributed by atoms with Crippen LogP contribution in [0.1, 0.15) is 25.8 Å². The molecule has 40 heavy (non-hydrogen) atoms. The highest BCUT2D eigenvalue weighted by Crippen LogP contribution is 2.35. The number of hydrogen-bond donors (Lipinski definition) is 1. The first kappa shape index (κ1) is 31.5. The Morgan fingerprint density at radius 3 is 2.20 bits per heavy atom. The predicted molar refractivity (Wildman–Crippen MR) is 159 cm³/mol. The minimum atomic E-state index is -4.28. The minimum Gasteiger partial charge on any atom is -0.495 e. The summed E-state index contributed by atoms with van der Waals surface area (Å²) in [6.45, 7) is 3.19. The zero-order valence-electron chi connectivity index (χ0n) is 22.2. The number of halogens is 3. The van der Waals surface area contributed by atoms with E-state index >= 15 is 0 Å². The Kier molecular flexibility index (Phi) is 11.1. The van der Waals surface area contributed by atoms with E-state index in [0.29, 0.717) is 22.2 Å². The number of nitrogens with one attached hydrogen (secondary N) is 1. The molecule has 0 aliphatic heterocycles. The summed E-state index contributed by atoms with van der Waals surface area (Å²) in [5.74, 6) is -0.813. The lowest BCUT2D eigenvalue weighted by atomic mass is 10.1.